The molecule has 0 aromatic carbocycles. The van der Waals surface area contributed by atoms with E-state index in [9.17, 15) is 8.42 Å². The Kier molecular flexibility index (Phi) is 2.92. The third-order valence-electron chi connectivity index (χ3n) is 1.02. The second-order valence-corrected chi connectivity index (χ2v) is 5.17. The van der Waals surface area contributed by atoms with Gasteiger partial charge >= 0.3 is 10.1 Å². The van der Waals surface area contributed by atoms with E-state index in [1.54, 1.807) is 0 Å². The van der Waals surface area contributed by atoms with Gasteiger partial charge < -0.3 is 4.18 Å². The van der Waals surface area contributed by atoms with Crippen molar-refractivity contribution in [1.82, 2.24) is 4.98 Å². The van der Waals surface area contributed by atoms with Gasteiger partial charge in [0.2, 0.25) is 5.88 Å². The van der Waals surface area contributed by atoms with Gasteiger partial charge in [0.15, 0.2) is 4.47 Å². The summed E-state index contributed by atoms with van der Waals surface area (Å²) in [6.07, 6.45) is 0. The molecular formula is C5H6ClNO3S2. The van der Waals surface area contributed by atoms with Gasteiger partial charge in [-0.3, -0.25) is 0 Å². The van der Waals surface area contributed by atoms with Crippen LogP contribution in [0.1, 0.15) is 6.92 Å². The van der Waals surface area contributed by atoms with E-state index in [0.29, 0.717) is 0 Å². The first-order valence-electron chi connectivity index (χ1n) is 3.06. The van der Waals surface area contributed by atoms with Gasteiger partial charge in [0.1, 0.15) is 0 Å². The van der Waals surface area contributed by atoms with E-state index >= 15 is 0 Å². The SMILES string of the molecule is CCS(=O)(=O)Oc1csc(Cl)n1. The summed E-state index contributed by atoms with van der Waals surface area (Å²) >= 11 is 6.59. The summed E-state index contributed by atoms with van der Waals surface area (Å²) in [6.45, 7) is 1.49. The average molecular weight is 228 g/mol. The van der Waals surface area contributed by atoms with Crippen molar-refractivity contribution in [1.29, 1.82) is 0 Å². The zero-order chi connectivity index (χ0) is 9.19. The highest BCUT2D eigenvalue weighted by Crippen LogP contribution is 2.21. The molecule has 0 saturated carbocycles. The molecule has 1 rings (SSSR count). The molecule has 0 saturated heterocycles. The smallest absolute Gasteiger partial charge is 0.310 e. The molecule has 0 amide bonds. The minimum Gasteiger partial charge on any atom is -0.361 e. The van der Waals surface area contributed by atoms with Crippen molar-refractivity contribution in [3.05, 3.63) is 9.85 Å². The number of aromatic nitrogens is 1. The third-order valence-corrected chi connectivity index (χ3v) is 3.11. The number of nitrogens with zero attached hydrogens (tertiary/aromatic N) is 1. The molecule has 0 bridgehead atoms. The Morgan fingerprint density at radius 2 is 2.42 bits per heavy atom. The molecule has 68 valence electrons. The average Bonchev–Trinajstić information content (AvgIpc) is 2.35. The van der Waals surface area contributed by atoms with E-state index in [0.717, 1.165) is 11.3 Å². The number of hydrogen-bond donors (Lipinski definition) is 0. The number of thiazole rings is 1. The monoisotopic (exact) mass is 227 g/mol. The van der Waals surface area contributed by atoms with Crippen molar-refractivity contribution in [3.8, 4) is 5.88 Å². The maximum atomic E-state index is 10.9. The molecule has 1 aromatic rings. The predicted molar refractivity (Wildman–Crippen MR) is 47.2 cm³/mol. The van der Waals surface area contributed by atoms with E-state index in [-0.39, 0.29) is 16.1 Å². The Balaban J connectivity index is 2.77. The summed E-state index contributed by atoms with van der Waals surface area (Å²) in [7, 11) is -3.47. The van der Waals surface area contributed by atoms with Gasteiger partial charge in [-0.1, -0.05) is 11.6 Å². The van der Waals surface area contributed by atoms with Crippen molar-refractivity contribution in [2.75, 3.05) is 5.75 Å². The van der Waals surface area contributed by atoms with Crippen LogP contribution in [0.15, 0.2) is 5.38 Å². The van der Waals surface area contributed by atoms with Crippen LogP contribution < -0.4 is 4.18 Å². The van der Waals surface area contributed by atoms with Crippen LogP contribution in [0.4, 0.5) is 0 Å². The predicted octanol–water partition coefficient (Wildman–Crippen LogP) is 1.53. The van der Waals surface area contributed by atoms with Crippen LogP contribution in [0.2, 0.25) is 4.47 Å². The maximum absolute atomic E-state index is 10.9. The molecule has 1 heterocycles. The molecule has 0 unspecified atom stereocenters. The van der Waals surface area contributed by atoms with Crippen LogP contribution in [0.3, 0.4) is 0 Å². The second-order valence-electron chi connectivity index (χ2n) is 1.87. The number of rotatable bonds is 3. The first kappa shape index (κ1) is 9.76. The molecule has 0 spiro atoms. The Morgan fingerprint density at radius 1 is 1.75 bits per heavy atom. The molecule has 0 aliphatic carbocycles. The normalized spacial score (nSPS) is 11.5. The molecule has 0 N–H and O–H groups in total. The molecule has 0 radical (unpaired) electrons. The summed E-state index contributed by atoms with van der Waals surface area (Å²) in [5, 5.41) is 1.44. The fraction of sp³-hybridized carbons (Fsp3) is 0.400. The number of hydrogen-bond acceptors (Lipinski definition) is 5. The summed E-state index contributed by atoms with van der Waals surface area (Å²) < 4.78 is 26.6. The van der Waals surface area contributed by atoms with Crippen LogP contribution in [0.25, 0.3) is 0 Å². The fourth-order valence-corrected chi connectivity index (χ4v) is 1.65. The molecule has 0 aliphatic heterocycles. The van der Waals surface area contributed by atoms with Gasteiger partial charge in [-0.05, 0) is 6.92 Å². The van der Waals surface area contributed by atoms with Crippen molar-refractivity contribution in [2.45, 2.75) is 6.92 Å². The van der Waals surface area contributed by atoms with Gasteiger partial charge in [0.25, 0.3) is 0 Å². The van der Waals surface area contributed by atoms with Crippen LogP contribution >= 0.6 is 22.9 Å². The zero-order valence-electron chi connectivity index (χ0n) is 6.15. The highest BCUT2D eigenvalue weighted by atomic mass is 35.5. The Bertz CT molecular complexity index is 359. The van der Waals surface area contributed by atoms with E-state index in [1.807, 2.05) is 0 Å². The van der Waals surface area contributed by atoms with Crippen molar-refractivity contribution in [2.24, 2.45) is 0 Å². The summed E-state index contributed by atoms with van der Waals surface area (Å²) in [5.74, 6) is -0.0471. The Hall–Kier alpha value is -0.330. The van der Waals surface area contributed by atoms with Crippen molar-refractivity contribution >= 4 is 33.1 Å². The summed E-state index contributed by atoms with van der Waals surface area (Å²) in [6, 6.07) is 0. The van der Waals surface area contributed by atoms with Crippen LogP contribution in [-0.4, -0.2) is 19.2 Å². The van der Waals surface area contributed by atoms with Crippen LogP contribution in [-0.2, 0) is 10.1 Å². The van der Waals surface area contributed by atoms with E-state index in [1.165, 1.54) is 12.3 Å². The minimum atomic E-state index is -3.47. The largest absolute Gasteiger partial charge is 0.361 e. The van der Waals surface area contributed by atoms with E-state index in [4.69, 9.17) is 11.6 Å². The molecule has 4 nitrogen and oxygen atoms in total. The van der Waals surface area contributed by atoms with Gasteiger partial charge in [0, 0.05) is 0 Å². The standard InChI is InChI=1S/C5H6ClNO3S2/c1-2-12(8,9)10-4-3-11-5(6)7-4/h3H,2H2,1H3. The topological polar surface area (TPSA) is 56.3 Å². The Labute approximate surface area is 79.3 Å². The summed E-state index contributed by atoms with van der Waals surface area (Å²) in [5.41, 5.74) is 0. The summed E-state index contributed by atoms with van der Waals surface area (Å²) in [4.78, 5) is 3.63. The lowest BCUT2D eigenvalue weighted by Gasteiger charge is -1.98. The molecule has 0 fully saturated rings. The molecule has 0 atom stereocenters. The Morgan fingerprint density at radius 3 is 2.83 bits per heavy atom. The quantitative estimate of drug-likeness (QED) is 0.735. The first-order valence-corrected chi connectivity index (χ1v) is 5.90. The van der Waals surface area contributed by atoms with Gasteiger partial charge in [0.05, 0.1) is 11.1 Å². The number of halogens is 1. The van der Waals surface area contributed by atoms with Gasteiger partial charge in [-0.25, -0.2) is 0 Å². The third kappa shape index (κ3) is 2.62. The van der Waals surface area contributed by atoms with E-state index in [2.05, 4.69) is 9.17 Å². The molecular weight excluding hydrogens is 222 g/mol. The fourth-order valence-electron chi connectivity index (χ4n) is 0.466. The van der Waals surface area contributed by atoms with Crippen LogP contribution in [0, 0.1) is 0 Å². The molecule has 12 heavy (non-hydrogen) atoms. The molecule has 1 aromatic heterocycles. The minimum absolute atomic E-state index is 0.0341. The molecule has 7 heteroatoms. The lowest BCUT2D eigenvalue weighted by molar-refractivity contribution is 0.479. The van der Waals surface area contributed by atoms with Crippen molar-refractivity contribution in [3.63, 3.8) is 0 Å². The van der Waals surface area contributed by atoms with Gasteiger partial charge in [-0.2, -0.15) is 13.4 Å². The highest BCUT2D eigenvalue weighted by Gasteiger charge is 2.11. The maximum Gasteiger partial charge on any atom is 0.310 e. The first-order chi connectivity index (χ1) is 5.53. The molecule has 0 aliphatic rings. The lowest BCUT2D eigenvalue weighted by Crippen LogP contribution is -2.11. The lowest BCUT2D eigenvalue weighted by atomic mass is 10.9. The van der Waals surface area contributed by atoms with E-state index < -0.39 is 10.1 Å². The van der Waals surface area contributed by atoms with Gasteiger partial charge in [-0.15, -0.1) is 11.3 Å². The van der Waals surface area contributed by atoms with Crippen LogP contribution in [0.5, 0.6) is 5.88 Å². The van der Waals surface area contributed by atoms with Crippen molar-refractivity contribution < 1.29 is 12.6 Å². The second kappa shape index (κ2) is 3.59. The highest BCUT2D eigenvalue weighted by molar-refractivity contribution is 7.87. The zero-order valence-corrected chi connectivity index (χ0v) is 8.54.